The zero-order valence-electron chi connectivity index (χ0n) is 30.3. The van der Waals surface area contributed by atoms with Crippen molar-refractivity contribution in [2.75, 3.05) is 9.80 Å². The Morgan fingerprint density at radius 3 is 1.40 bits per heavy atom. The minimum Gasteiger partial charge on any atom is -0.459 e. The molecule has 0 bridgehead atoms. The van der Waals surface area contributed by atoms with Gasteiger partial charge in [0.1, 0.15) is 11.3 Å². The molecule has 0 unspecified atom stereocenters. The van der Waals surface area contributed by atoms with E-state index in [9.17, 15) is 0 Å². The third kappa shape index (κ3) is 5.22. The first-order valence-corrected chi connectivity index (χ1v) is 18.6. The average Bonchev–Trinajstić information content (AvgIpc) is 3.79. The number of hydrogen-bond donors (Lipinski definition) is 0. The summed E-state index contributed by atoms with van der Waals surface area (Å²) < 4.78 is 13.4. The first kappa shape index (κ1) is 32.4. The number of benzene rings is 8. The molecule has 0 saturated carbocycles. The molecule has 4 heteroatoms. The van der Waals surface area contributed by atoms with Crippen molar-refractivity contribution in [2.24, 2.45) is 0 Å². The molecule has 2 aromatic heterocycles. The Morgan fingerprint density at radius 2 is 0.873 bits per heavy atom. The second-order valence-corrected chi connectivity index (χ2v) is 13.7. The Bertz CT molecular complexity index is 3020. The molecule has 8 aromatic carbocycles. The lowest BCUT2D eigenvalue weighted by molar-refractivity contribution is 0.578. The van der Waals surface area contributed by atoms with E-state index in [1.807, 2.05) is 25.1 Å². The molecule has 0 saturated heterocycles. The highest BCUT2D eigenvalue weighted by Gasteiger charge is 2.28. The summed E-state index contributed by atoms with van der Waals surface area (Å²) in [6, 6.07) is 59.9. The molecular formula is C51H36N2O2. The van der Waals surface area contributed by atoms with Gasteiger partial charge in [-0.05, 0) is 49.4 Å². The average molecular weight is 709 g/mol. The number of anilines is 6. The van der Waals surface area contributed by atoms with Crippen molar-refractivity contribution >= 4 is 94.7 Å². The molecule has 0 aliphatic rings. The Morgan fingerprint density at radius 1 is 0.436 bits per heavy atom. The normalized spacial score (nSPS) is 11.7. The van der Waals surface area contributed by atoms with Gasteiger partial charge in [0.05, 0.1) is 22.7 Å². The highest BCUT2D eigenvalue weighted by Crippen LogP contribution is 2.53. The van der Waals surface area contributed by atoms with Gasteiger partial charge in [0.2, 0.25) is 0 Å². The number of rotatable bonds is 8. The van der Waals surface area contributed by atoms with Gasteiger partial charge >= 0.3 is 0 Å². The number of fused-ring (bicyclic) bond motifs is 6. The van der Waals surface area contributed by atoms with E-state index in [2.05, 4.69) is 180 Å². The summed E-state index contributed by atoms with van der Waals surface area (Å²) in [6.07, 6.45) is 5.83. The van der Waals surface area contributed by atoms with Crippen LogP contribution in [0.15, 0.2) is 197 Å². The monoisotopic (exact) mass is 708 g/mol. The van der Waals surface area contributed by atoms with Crippen molar-refractivity contribution in [1.82, 2.24) is 0 Å². The van der Waals surface area contributed by atoms with Gasteiger partial charge in [-0.2, -0.15) is 0 Å². The van der Waals surface area contributed by atoms with Gasteiger partial charge in [-0.3, -0.25) is 0 Å². The summed E-state index contributed by atoms with van der Waals surface area (Å²) >= 11 is 0. The van der Waals surface area contributed by atoms with Crippen molar-refractivity contribution in [1.29, 1.82) is 0 Å². The van der Waals surface area contributed by atoms with E-state index in [0.717, 1.165) is 99.9 Å². The summed E-state index contributed by atoms with van der Waals surface area (Å²) in [7, 11) is 0. The van der Waals surface area contributed by atoms with E-state index < -0.39 is 0 Å². The predicted octanol–water partition coefficient (Wildman–Crippen LogP) is 15.1. The van der Waals surface area contributed by atoms with Crippen molar-refractivity contribution < 1.29 is 8.83 Å². The van der Waals surface area contributed by atoms with Crippen LogP contribution in [0.5, 0.6) is 0 Å². The van der Waals surface area contributed by atoms with Crippen molar-refractivity contribution in [3.63, 3.8) is 0 Å². The molecule has 0 amide bonds. The van der Waals surface area contributed by atoms with Gasteiger partial charge in [0.25, 0.3) is 0 Å². The molecular weight excluding hydrogens is 673 g/mol. The van der Waals surface area contributed by atoms with E-state index in [-0.39, 0.29) is 0 Å². The lowest BCUT2D eigenvalue weighted by Crippen LogP contribution is -2.14. The maximum atomic E-state index is 6.72. The molecule has 4 nitrogen and oxygen atoms in total. The lowest BCUT2D eigenvalue weighted by Gasteiger charge is -2.32. The third-order valence-corrected chi connectivity index (χ3v) is 10.5. The highest BCUT2D eigenvalue weighted by atomic mass is 16.3. The lowest BCUT2D eigenvalue weighted by atomic mass is 9.95. The fourth-order valence-corrected chi connectivity index (χ4v) is 8.19. The SMILES string of the molecule is C=C/C=C\c1c(C)oc2c(N(c3ccccc3)c3c4ccccc4c(N(c4ccccc4)c4cccc5c4oc4ccccc45)c4ccccc34)cccc12. The molecule has 262 valence electrons. The van der Waals surface area contributed by atoms with Crippen molar-refractivity contribution in [3.05, 3.63) is 200 Å². The van der Waals surface area contributed by atoms with E-state index in [1.54, 1.807) is 6.08 Å². The molecule has 0 radical (unpaired) electrons. The largest absolute Gasteiger partial charge is 0.459 e. The summed E-state index contributed by atoms with van der Waals surface area (Å²) in [5, 5.41) is 7.64. The van der Waals surface area contributed by atoms with Crippen LogP contribution in [-0.2, 0) is 0 Å². The van der Waals surface area contributed by atoms with E-state index in [1.165, 1.54) is 0 Å². The third-order valence-electron chi connectivity index (χ3n) is 10.5. The van der Waals surface area contributed by atoms with E-state index in [0.29, 0.717) is 0 Å². The van der Waals surface area contributed by atoms with E-state index >= 15 is 0 Å². The number of aryl methyl sites for hydroxylation is 1. The zero-order chi connectivity index (χ0) is 36.9. The molecule has 0 atom stereocenters. The number of nitrogens with zero attached hydrogens (tertiary/aromatic N) is 2. The molecule has 0 spiro atoms. The number of furan rings is 2. The highest BCUT2D eigenvalue weighted by molar-refractivity contribution is 6.25. The molecule has 0 N–H and O–H groups in total. The first-order chi connectivity index (χ1) is 27.2. The summed E-state index contributed by atoms with van der Waals surface area (Å²) in [5.74, 6) is 0.858. The molecule has 0 fully saturated rings. The van der Waals surface area contributed by atoms with Crippen LogP contribution in [0.25, 0.3) is 60.5 Å². The van der Waals surface area contributed by atoms with Gasteiger partial charge in [-0.1, -0.05) is 152 Å². The fourth-order valence-electron chi connectivity index (χ4n) is 8.19. The van der Waals surface area contributed by atoms with Crippen LogP contribution in [0.4, 0.5) is 34.1 Å². The maximum absolute atomic E-state index is 6.72. The topological polar surface area (TPSA) is 32.8 Å². The van der Waals surface area contributed by atoms with Crippen LogP contribution in [0.3, 0.4) is 0 Å². The van der Waals surface area contributed by atoms with Gasteiger partial charge in [0, 0.05) is 54.6 Å². The number of allylic oxidation sites excluding steroid dienone is 2. The number of para-hydroxylation sites is 5. The zero-order valence-corrected chi connectivity index (χ0v) is 30.3. The second-order valence-electron chi connectivity index (χ2n) is 13.7. The van der Waals surface area contributed by atoms with Crippen LogP contribution in [0, 0.1) is 6.92 Å². The quantitative estimate of drug-likeness (QED) is 0.0894. The van der Waals surface area contributed by atoms with Crippen LogP contribution >= 0.6 is 0 Å². The molecule has 0 aliphatic heterocycles. The smallest absolute Gasteiger partial charge is 0.159 e. The summed E-state index contributed by atoms with van der Waals surface area (Å²) in [6.45, 7) is 5.93. The molecule has 0 aliphatic carbocycles. The maximum Gasteiger partial charge on any atom is 0.159 e. The predicted molar refractivity (Wildman–Crippen MR) is 232 cm³/mol. The van der Waals surface area contributed by atoms with Crippen LogP contribution < -0.4 is 9.80 Å². The van der Waals surface area contributed by atoms with Crippen LogP contribution in [0.2, 0.25) is 0 Å². The molecule has 10 aromatic rings. The Hall–Kier alpha value is -7.30. The van der Waals surface area contributed by atoms with Crippen LogP contribution in [0.1, 0.15) is 11.3 Å². The van der Waals surface area contributed by atoms with Crippen molar-refractivity contribution in [2.45, 2.75) is 6.92 Å². The van der Waals surface area contributed by atoms with Crippen LogP contribution in [-0.4, -0.2) is 0 Å². The Kier molecular flexibility index (Phi) is 7.81. The minimum absolute atomic E-state index is 0.826. The summed E-state index contributed by atoms with van der Waals surface area (Å²) in [5.41, 5.74) is 9.73. The minimum atomic E-state index is 0.826. The molecule has 55 heavy (non-hydrogen) atoms. The standard InChI is InChI=1S/C51H36N2O2/c1-3-4-23-37-34(2)54-50-43(37)29-17-31-45(50)52(35-19-7-5-8-20-35)48-39-25-11-13-27-41(39)49(42-28-14-12-26-40(42)48)53(36-21-9-6-10-22-36)46-32-18-30-44-38-24-15-16-33-47(38)55-51(44)46/h3-33H,1H2,2H3/b23-4-. The fraction of sp³-hybridized carbons (Fsp3) is 0.0196. The Balaban J connectivity index is 1.32. The molecule has 10 rings (SSSR count). The molecule has 2 heterocycles. The Labute approximate surface area is 319 Å². The van der Waals surface area contributed by atoms with Gasteiger partial charge in [0.15, 0.2) is 11.2 Å². The van der Waals surface area contributed by atoms with Gasteiger partial charge < -0.3 is 18.6 Å². The van der Waals surface area contributed by atoms with Crippen molar-refractivity contribution in [3.8, 4) is 0 Å². The van der Waals surface area contributed by atoms with E-state index in [4.69, 9.17) is 8.83 Å². The number of hydrogen-bond acceptors (Lipinski definition) is 4. The van der Waals surface area contributed by atoms with Gasteiger partial charge in [-0.25, -0.2) is 0 Å². The summed E-state index contributed by atoms with van der Waals surface area (Å²) in [4.78, 5) is 4.74. The van der Waals surface area contributed by atoms with Gasteiger partial charge in [-0.15, -0.1) is 0 Å². The first-order valence-electron chi connectivity index (χ1n) is 18.6. The second kappa shape index (κ2) is 13.3.